The Balaban J connectivity index is 1.46. The number of hydrogen-bond donors (Lipinski definition) is 4. The van der Waals surface area contributed by atoms with Crippen LogP contribution in [-0.2, 0) is 55.4 Å². The first-order chi connectivity index (χ1) is 31.7. The second-order valence-corrected chi connectivity index (χ2v) is 21.7. The Kier molecular flexibility index (Phi) is 17.2. The molecule has 3 aliphatic rings. The third-order valence-electron chi connectivity index (χ3n) is 11.0. The second-order valence-electron chi connectivity index (χ2n) is 15.8. The summed E-state index contributed by atoms with van der Waals surface area (Å²) < 4.78 is 206. The lowest BCUT2D eigenvalue weighted by Gasteiger charge is -2.30. The van der Waals surface area contributed by atoms with Gasteiger partial charge in [0.15, 0.2) is 23.1 Å². The van der Waals surface area contributed by atoms with Gasteiger partial charge in [-0.2, -0.15) is 42.5 Å². The zero-order valence-electron chi connectivity index (χ0n) is 36.3. The molecule has 2 aromatic carbocycles. The molecule has 0 saturated carbocycles. The third-order valence-corrected chi connectivity index (χ3v) is 14.3. The van der Waals surface area contributed by atoms with E-state index in [4.69, 9.17) is 13.7 Å². The van der Waals surface area contributed by atoms with Crippen molar-refractivity contribution in [3.8, 4) is 17.1 Å². The number of carbonyl (C=O) groups excluding carboxylic acids is 1. The van der Waals surface area contributed by atoms with E-state index in [2.05, 4.69) is 4.74 Å². The van der Waals surface area contributed by atoms with Gasteiger partial charge in [0.2, 0.25) is 22.7 Å². The number of fused-ring (bicyclic) bond motifs is 2. The van der Waals surface area contributed by atoms with Crippen molar-refractivity contribution in [1.82, 2.24) is 4.58 Å². The van der Waals surface area contributed by atoms with Gasteiger partial charge in [-0.1, -0.05) is 18.6 Å². The number of benzene rings is 3. The maximum Gasteiger partial charge on any atom is 0.311 e. The fourth-order valence-corrected chi connectivity index (χ4v) is 9.95. The van der Waals surface area contributed by atoms with Gasteiger partial charge in [0.25, 0.3) is 30.4 Å². The zero-order valence-corrected chi connectivity index (χ0v) is 39.5. The number of rotatable bonds is 22. The lowest BCUT2D eigenvalue weighted by molar-refractivity contribution is -0.135. The maximum absolute atomic E-state index is 14.5. The fourth-order valence-electron chi connectivity index (χ4n) is 7.80. The molecule has 1 unspecified atom stereocenters. The average Bonchev–Trinajstić information content (AvgIpc) is 3.46. The predicted molar refractivity (Wildman–Crippen MR) is 237 cm³/mol. The summed E-state index contributed by atoms with van der Waals surface area (Å²) in [6, 6.07) is 10.9. The lowest BCUT2D eigenvalue weighted by Crippen LogP contribution is -2.34. The molecule has 68 heavy (non-hydrogen) atoms. The summed E-state index contributed by atoms with van der Waals surface area (Å²) in [5.41, 5.74) is 1.51. The van der Waals surface area contributed by atoms with Crippen molar-refractivity contribution in [2.75, 3.05) is 49.8 Å². The molecule has 1 atom stereocenters. The van der Waals surface area contributed by atoms with Crippen LogP contribution in [0.2, 0.25) is 0 Å². The topological polar surface area (TPSA) is 272 Å². The molecule has 26 heteroatoms. The molecule has 0 amide bonds. The van der Waals surface area contributed by atoms with E-state index in [0.29, 0.717) is 52.3 Å². The van der Waals surface area contributed by atoms with Crippen molar-refractivity contribution < 1.29 is 88.1 Å². The molecule has 0 spiro atoms. The normalized spacial score (nSPS) is 16.8. The van der Waals surface area contributed by atoms with E-state index < -0.39 is 109 Å². The number of nitrogens with zero attached hydrogens (tertiary/aromatic N) is 2. The summed E-state index contributed by atoms with van der Waals surface area (Å²) in [6.45, 7) is 2.85. The minimum atomic E-state index is -5.75. The van der Waals surface area contributed by atoms with Crippen molar-refractivity contribution in [1.29, 1.82) is 0 Å². The Morgan fingerprint density at radius 3 is 2.07 bits per heavy atom. The Morgan fingerprint density at radius 1 is 0.794 bits per heavy atom. The number of methoxy groups -OCH3 is 1. The molecule has 5 rings (SSSR count). The molecule has 0 radical (unpaired) electrons. The van der Waals surface area contributed by atoms with Gasteiger partial charge in [-0.05, 0) is 80.1 Å². The molecule has 0 aromatic heterocycles. The van der Waals surface area contributed by atoms with Crippen LogP contribution in [0.1, 0.15) is 63.0 Å². The van der Waals surface area contributed by atoms with Crippen LogP contribution in [0.25, 0.3) is 17.4 Å². The molecule has 0 fully saturated rings. The highest BCUT2D eigenvalue weighted by atomic mass is 32.2. The molecule has 2 heterocycles. The Bertz CT molecular complexity index is 3090. The van der Waals surface area contributed by atoms with Gasteiger partial charge in [0.05, 0.1) is 28.7 Å². The molecule has 1 aliphatic carbocycles. The molecule has 4 N–H and O–H groups in total. The molecule has 18 nitrogen and oxygen atoms in total. The zero-order chi connectivity index (χ0) is 50.4. The number of carbonyl (C=O) groups is 1. The summed E-state index contributed by atoms with van der Waals surface area (Å²) >= 11 is 0. The number of ether oxygens (including phenoxy) is 2. The van der Waals surface area contributed by atoms with Crippen LogP contribution in [-0.4, -0.2) is 103 Å². The van der Waals surface area contributed by atoms with Crippen LogP contribution in [0.5, 0.6) is 5.75 Å². The van der Waals surface area contributed by atoms with Gasteiger partial charge in [-0.15, -0.1) is 0 Å². The maximum atomic E-state index is 14.5. The van der Waals surface area contributed by atoms with Crippen LogP contribution < -0.4 is 19.6 Å². The van der Waals surface area contributed by atoms with Gasteiger partial charge in [-0.25, -0.2) is 13.4 Å². The summed E-state index contributed by atoms with van der Waals surface area (Å²) in [6.07, 6.45) is 6.55. The van der Waals surface area contributed by atoms with Crippen molar-refractivity contribution in [2.45, 2.75) is 67.1 Å². The Hall–Kier alpha value is -5.06. The lowest BCUT2D eigenvalue weighted by atomic mass is 9.77. The summed E-state index contributed by atoms with van der Waals surface area (Å²) in [4.78, 5) is 11.6. The fraction of sp³-hybridized carbons (Fsp3) is 0.381. The third kappa shape index (κ3) is 13.4. The van der Waals surface area contributed by atoms with E-state index in [1.54, 1.807) is 54.3 Å². The van der Waals surface area contributed by atoms with E-state index in [0.717, 1.165) is 0 Å². The molecule has 372 valence electrons. The van der Waals surface area contributed by atoms with E-state index in [1.165, 1.54) is 31.6 Å². The predicted octanol–water partition coefficient (Wildman–Crippen LogP) is 5.64. The first kappa shape index (κ1) is 53.9. The smallest absolute Gasteiger partial charge is 0.311 e. The van der Waals surface area contributed by atoms with Crippen molar-refractivity contribution in [2.24, 2.45) is 0 Å². The molecule has 0 saturated heterocycles. The second kappa shape index (κ2) is 21.7. The van der Waals surface area contributed by atoms with Crippen molar-refractivity contribution >= 4 is 58.2 Å². The van der Waals surface area contributed by atoms with Crippen LogP contribution >= 0.6 is 0 Å². The Labute approximate surface area is 389 Å². The monoisotopic (exact) mass is 1040 g/mol. The molecule has 2 aromatic rings. The summed E-state index contributed by atoms with van der Waals surface area (Å²) in [5, 5.41) is 0.680. The first-order valence-electron chi connectivity index (χ1n) is 20.5. The van der Waals surface area contributed by atoms with Gasteiger partial charge in [0, 0.05) is 54.9 Å². The first-order valence-corrected chi connectivity index (χ1v) is 26.6. The van der Waals surface area contributed by atoms with Crippen molar-refractivity contribution in [3.63, 3.8) is 0 Å². The highest BCUT2D eigenvalue weighted by molar-refractivity contribution is 7.86. The molecule has 2 aliphatic heterocycles. The van der Waals surface area contributed by atoms with Gasteiger partial charge < -0.3 is 18.8 Å². The Morgan fingerprint density at radius 2 is 1.46 bits per heavy atom. The molecular weight excluding hydrogens is 993 g/mol. The summed E-state index contributed by atoms with van der Waals surface area (Å²) in [7, 11) is -17.6. The minimum Gasteiger partial charge on any atom is -0.464 e. The van der Waals surface area contributed by atoms with Crippen LogP contribution in [0.15, 0.2) is 80.8 Å². The number of halogens is 4. The van der Waals surface area contributed by atoms with E-state index in [9.17, 15) is 69.7 Å². The van der Waals surface area contributed by atoms with Crippen LogP contribution in [0.3, 0.4) is 0 Å². The largest absolute Gasteiger partial charge is 0.464 e. The van der Waals surface area contributed by atoms with Crippen LogP contribution in [0.4, 0.5) is 23.2 Å². The van der Waals surface area contributed by atoms with E-state index in [-0.39, 0.29) is 51.6 Å². The standard InChI is InChI=1S/C42H46F4N2O16S4/c1-42(17-7-23-65(50,51)52)31-26-29(67(56,57)58)13-15-32(31)48(19-5-3-4-11-35(49)64-40-36(43)38(45)41(68(59,60)61)39(46)37(40)44)34(42)10-6-9-27-16-21-63-33-25-28(12-14-30(27)33)47(20-22-62-2)18-8-24-66(53,54)55/h6,9-10,12-16,21,25-26H,3-5,7-8,11,17-20,22-24H2,1-2H3,(H3-,50,51,52,53,54,55,56,57,58,59,60,61)/p+1. The quantitative estimate of drug-likeness (QED) is 0.0141. The number of hydrogen-bond acceptors (Lipinski definition) is 13. The van der Waals surface area contributed by atoms with Gasteiger partial charge in [0.1, 0.15) is 18.9 Å². The van der Waals surface area contributed by atoms with Crippen molar-refractivity contribution in [3.05, 3.63) is 106 Å². The number of unbranched alkanes of at least 4 members (excludes halogenated alkanes) is 2. The minimum absolute atomic E-state index is 0.0222. The molecule has 0 bridgehead atoms. The summed E-state index contributed by atoms with van der Waals surface area (Å²) in [5.74, 6) is -13.6. The van der Waals surface area contributed by atoms with Crippen LogP contribution in [0, 0.1) is 23.3 Å². The van der Waals surface area contributed by atoms with E-state index >= 15 is 0 Å². The molecular formula is C42H47F4N2O16S4+. The van der Waals surface area contributed by atoms with Gasteiger partial charge in [-0.3, -0.25) is 23.0 Å². The van der Waals surface area contributed by atoms with E-state index in [1.807, 2.05) is 4.58 Å². The highest BCUT2D eigenvalue weighted by Crippen LogP contribution is 2.51. The average molecular weight is 1040 g/mol. The number of esters is 1. The number of allylic oxidation sites excluding steroid dienone is 3. The highest BCUT2D eigenvalue weighted by Gasteiger charge is 2.44. The SMILES string of the molecule is COCC[N+](CCCS(=O)(=O)O)=c1ccc2c(/C=C/C=C3/N(CCCCCC(=O)Oc4c(F)c(F)c(S(=O)(=O)O)c(F)c4F)c4ccc(S(=O)(=O)O)cc4C3(C)CCCS(=O)(=O)O)ccoc-2c1. The number of anilines is 1. The van der Waals surface area contributed by atoms with Gasteiger partial charge >= 0.3 is 16.1 Å².